The van der Waals surface area contributed by atoms with Crippen LogP contribution in [0, 0.1) is 5.82 Å². The Hall–Kier alpha value is -3.22. The summed E-state index contributed by atoms with van der Waals surface area (Å²) in [6.45, 7) is 4.52. The number of hydrogen-bond acceptors (Lipinski definition) is 4. The molecule has 0 aliphatic heterocycles. The van der Waals surface area contributed by atoms with E-state index in [1.165, 1.54) is 57.1 Å². The van der Waals surface area contributed by atoms with Crippen molar-refractivity contribution in [1.29, 1.82) is 0 Å². The van der Waals surface area contributed by atoms with Crippen LogP contribution in [-0.2, 0) is 4.79 Å². The molecule has 0 bridgehead atoms. The summed E-state index contributed by atoms with van der Waals surface area (Å²) >= 11 is 0. The number of amides is 1. The zero-order valence-electron chi connectivity index (χ0n) is 20.9. The Bertz CT molecular complexity index is 1050. The summed E-state index contributed by atoms with van der Waals surface area (Å²) in [5.41, 5.74) is 2.06. The number of rotatable bonds is 15. The number of unbranched alkanes of at least 4 members (excludes halogenated alkanes) is 8. The van der Waals surface area contributed by atoms with Crippen molar-refractivity contribution >= 4 is 11.6 Å². The van der Waals surface area contributed by atoms with Crippen LogP contribution in [-0.4, -0.2) is 27.3 Å². The summed E-state index contributed by atoms with van der Waals surface area (Å²) in [7, 11) is 0. The van der Waals surface area contributed by atoms with Gasteiger partial charge in [-0.25, -0.2) is 9.07 Å². The minimum absolute atomic E-state index is 0.0283. The van der Waals surface area contributed by atoms with Gasteiger partial charge in [-0.15, -0.1) is 5.10 Å². The highest BCUT2D eigenvalue weighted by molar-refractivity contribution is 5.90. The minimum Gasteiger partial charge on any atom is -0.463 e. The Morgan fingerprint density at radius 3 is 2.29 bits per heavy atom. The van der Waals surface area contributed by atoms with Crippen LogP contribution in [0.25, 0.3) is 17.1 Å². The summed E-state index contributed by atoms with van der Waals surface area (Å²) in [6.07, 6.45) is 11.6. The van der Waals surface area contributed by atoms with Crippen molar-refractivity contribution in [3.8, 4) is 23.1 Å². The van der Waals surface area contributed by atoms with Gasteiger partial charge in [-0.05, 0) is 49.7 Å². The molecule has 2 aromatic carbocycles. The van der Waals surface area contributed by atoms with E-state index in [0.717, 1.165) is 24.2 Å². The van der Waals surface area contributed by atoms with Gasteiger partial charge in [-0.2, -0.15) is 4.98 Å². The molecular formula is C28H37FN4O2. The van der Waals surface area contributed by atoms with Gasteiger partial charge >= 0.3 is 6.01 Å². The van der Waals surface area contributed by atoms with Crippen molar-refractivity contribution in [3.63, 3.8) is 0 Å². The third kappa shape index (κ3) is 8.50. The topological polar surface area (TPSA) is 69.0 Å². The summed E-state index contributed by atoms with van der Waals surface area (Å²) in [5, 5.41) is 7.39. The van der Waals surface area contributed by atoms with E-state index >= 15 is 0 Å². The Morgan fingerprint density at radius 1 is 0.943 bits per heavy atom. The van der Waals surface area contributed by atoms with E-state index in [-0.39, 0.29) is 17.7 Å². The van der Waals surface area contributed by atoms with Crippen molar-refractivity contribution < 1.29 is 13.9 Å². The third-order valence-electron chi connectivity index (χ3n) is 5.85. The average Bonchev–Trinajstić information content (AvgIpc) is 3.28. The van der Waals surface area contributed by atoms with Gasteiger partial charge in [0.1, 0.15) is 5.82 Å². The van der Waals surface area contributed by atoms with E-state index < -0.39 is 0 Å². The van der Waals surface area contributed by atoms with Gasteiger partial charge in [0, 0.05) is 17.7 Å². The van der Waals surface area contributed by atoms with Gasteiger partial charge in [-0.3, -0.25) is 4.79 Å². The molecule has 3 aromatic rings. The largest absolute Gasteiger partial charge is 0.463 e. The zero-order chi connectivity index (χ0) is 24.9. The lowest BCUT2D eigenvalue weighted by atomic mass is 10.1. The first-order valence-corrected chi connectivity index (χ1v) is 12.9. The number of carbonyl (C=O) groups excluding carboxylic acids is 1. The summed E-state index contributed by atoms with van der Waals surface area (Å²) in [6, 6.07) is 13.8. The van der Waals surface area contributed by atoms with E-state index in [1.54, 1.807) is 16.8 Å². The molecule has 0 atom stereocenters. The number of ether oxygens (including phenoxy) is 1. The molecule has 0 unspecified atom stereocenters. The first-order chi connectivity index (χ1) is 17.1. The molecule has 0 fully saturated rings. The lowest BCUT2D eigenvalue weighted by Gasteiger charge is -2.09. The van der Waals surface area contributed by atoms with Crippen LogP contribution in [0.2, 0.25) is 0 Å². The smallest absolute Gasteiger partial charge is 0.336 e. The second-order valence-corrected chi connectivity index (χ2v) is 8.75. The van der Waals surface area contributed by atoms with Gasteiger partial charge in [-0.1, -0.05) is 70.4 Å². The fourth-order valence-corrected chi connectivity index (χ4v) is 3.98. The Morgan fingerprint density at radius 2 is 1.63 bits per heavy atom. The standard InChI is InChI=1S/C28H37FN4O2/c1-3-5-6-7-8-9-10-11-12-16-26(34)30-24-17-19-25(20-18-24)33-27(31-28(32-33)35-4-2)22-14-13-15-23(29)21-22/h13-15,17-21H,3-12,16H2,1-2H3,(H,30,34). The molecule has 6 nitrogen and oxygen atoms in total. The molecule has 0 spiro atoms. The molecule has 35 heavy (non-hydrogen) atoms. The summed E-state index contributed by atoms with van der Waals surface area (Å²) < 4.78 is 20.9. The van der Waals surface area contributed by atoms with E-state index in [1.807, 2.05) is 31.2 Å². The molecule has 0 saturated carbocycles. The number of benzene rings is 2. The van der Waals surface area contributed by atoms with Crippen molar-refractivity contribution in [1.82, 2.24) is 14.8 Å². The minimum atomic E-state index is -0.347. The molecule has 3 rings (SSSR count). The van der Waals surface area contributed by atoms with Crippen molar-refractivity contribution in [2.45, 2.75) is 78.1 Å². The van der Waals surface area contributed by atoms with Crippen molar-refractivity contribution in [3.05, 3.63) is 54.3 Å². The van der Waals surface area contributed by atoms with Gasteiger partial charge in [0.2, 0.25) is 5.91 Å². The van der Waals surface area contributed by atoms with Crippen LogP contribution in [0.4, 0.5) is 10.1 Å². The number of hydrogen-bond donors (Lipinski definition) is 1. The monoisotopic (exact) mass is 480 g/mol. The van der Waals surface area contributed by atoms with Gasteiger partial charge in [0.05, 0.1) is 12.3 Å². The van der Waals surface area contributed by atoms with Crippen molar-refractivity contribution in [2.24, 2.45) is 0 Å². The molecular weight excluding hydrogens is 443 g/mol. The fourth-order valence-electron chi connectivity index (χ4n) is 3.98. The number of anilines is 1. The second kappa shape index (κ2) is 14.2. The highest BCUT2D eigenvalue weighted by atomic mass is 19.1. The first kappa shape index (κ1) is 26.4. The zero-order valence-corrected chi connectivity index (χ0v) is 20.9. The van der Waals surface area contributed by atoms with Crippen molar-refractivity contribution in [2.75, 3.05) is 11.9 Å². The summed E-state index contributed by atoms with van der Waals surface area (Å²) in [5.74, 6) is 0.163. The molecule has 0 saturated heterocycles. The average molecular weight is 481 g/mol. The van der Waals surface area contributed by atoms with Crippen LogP contribution in [0.3, 0.4) is 0 Å². The maximum atomic E-state index is 13.8. The third-order valence-corrected chi connectivity index (χ3v) is 5.85. The number of nitrogens with one attached hydrogen (secondary N) is 1. The quantitative estimate of drug-likeness (QED) is 0.231. The van der Waals surface area contributed by atoms with E-state index in [2.05, 4.69) is 22.3 Å². The number of aromatic nitrogens is 3. The molecule has 0 radical (unpaired) electrons. The predicted molar refractivity (Wildman–Crippen MR) is 138 cm³/mol. The number of nitrogens with zero attached hydrogens (tertiary/aromatic N) is 3. The molecule has 1 amide bonds. The van der Waals surface area contributed by atoms with Crippen LogP contribution in [0.1, 0.15) is 78.1 Å². The van der Waals surface area contributed by atoms with E-state index in [9.17, 15) is 9.18 Å². The Labute approximate surface area is 207 Å². The number of halogens is 1. The lowest BCUT2D eigenvalue weighted by molar-refractivity contribution is -0.116. The van der Waals surface area contributed by atoms with Crippen LogP contribution in [0.5, 0.6) is 6.01 Å². The predicted octanol–water partition coefficient (Wildman–Crippen LogP) is 7.33. The fraction of sp³-hybridized carbons (Fsp3) is 0.464. The number of carbonyl (C=O) groups is 1. The molecule has 1 aromatic heterocycles. The summed E-state index contributed by atoms with van der Waals surface area (Å²) in [4.78, 5) is 16.8. The molecule has 0 aliphatic rings. The van der Waals surface area contributed by atoms with E-state index in [0.29, 0.717) is 24.4 Å². The molecule has 1 N–H and O–H groups in total. The molecule has 7 heteroatoms. The van der Waals surface area contributed by atoms with Gasteiger partial charge in [0.25, 0.3) is 0 Å². The molecule has 188 valence electrons. The van der Waals surface area contributed by atoms with E-state index in [4.69, 9.17) is 4.74 Å². The second-order valence-electron chi connectivity index (χ2n) is 8.75. The highest BCUT2D eigenvalue weighted by Gasteiger charge is 2.15. The normalized spacial score (nSPS) is 10.9. The van der Waals surface area contributed by atoms with Gasteiger partial charge in [0.15, 0.2) is 5.82 Å². The van der Waals surface area contributed by atoms with Crippen LogP contribution >= 0.6 is 0 Å². The van der Waals surface area contributed by atoms with Crippen LogP contribution < -0.4 is 10.1 Å². The van der Waals surface area contributed by atoms with Crippen LogP contribution in [0.15, 0.2) is 48.5 Å². The van der Waals surface area contributed by atoms with Gasteiger partial charge < -0.3 is 10.1 Å². The molecule has 0 aliphatic carbocycles. The molecule has 1 heterocycles. The lowest BCUT2D eigenvalue weighted by Crippen LogP contribution is -2.11. The highest BCUT2D eigenvalue weighted by Crippen LogP contribution is 2.25. The maximum Gasteiger partial charge on any atom is 0.336 e. The SMILES string of the molecule is CCCCCCCCCCCC(=O)Nc1ccc(-n2nc(OCC)nc2-c2cccc(F)c2)cc1. The Kier molecular flexibility index (Phi) is 10.7. The Balaban J connectivity index is 1.53. The maximum absolute atomic E-state index is 13.8. The first-order valence-electron chi connectivity index (χ1n) is 12.9.